The summed E-state index contributed by atoms with van der Waals surface area (Å²) in [5.74, 6) is 0.603. The maximum Gasteiger partial charge on any atom is 0.251 e. The Bertz CT molecular complexity index is 797. The van der Waals surface area contributed by atoms with Crippen LogP contribution in [-0.4, -0.2) is 34.6 Å². The first kappa shape index (κ1) is 19.5. The Kier molecular flexibility index (Phi) is 5.90. The molecule has 0 aliphatic carbocycles. The van der Waals surface area contributed by atoms with Gasteiger partial charge < -0.3 is 10.2 Å². The topological polar surface area (TPSA) is 49.4 Å². The molecule has 1 aliphatic rings. The summed E-state index contributed by atoms with van der Waals surface area (Å²) in [7, 11) is 0. The number of carbonyl (C=O) groups is 2. The van der Waals surface area contributed by atoms with Crippen molar-refractivity contribution in [3.8, 4) is 0 Å². The van der Waals surface area contributed by atoms with E-state index in [1.165, 1.54) is 5.56 Å². The molecule has 4 nitrogen and oxygen atoms in total. The summed E-state index contributed by atoms with van der Waals surface area (Å²) in [6.07, 6.45) is 0.843. The third-order valence-corrected chi connectivity index (χ3v) is 5.65. The molecule has 142 valence electrons. The maximum atomic E-state index is 12.4. The molecule has 0 saturated carbocycles. The van der Waals surface area contributed by atoms with E-state index in [1.807, 2.05) is 68.1 Å². The number of hydrogen-bond acceptors (Lipinski definition) is 3. The number of amides is 2. The van der Waals surface area contributed by atoms with Gasteiger partial charge >= 0.3 is 0 Å². The van der Waals surface area contributed by atoms with Crippen molar-refractivity contribution in [3.63, 3.8) is 0 Å². The Morgan fingerprint density at radius 3 is 2.41 bits per heavy atom. The van der Waals surface area contributed by atoms with E-state index in [0.717, 1.165) is 12.0 Å². The number of thioether (sulfide) groups is 1. The number of nitrogens with zero attached hydrogens (tertiary/aromatic N) is 1. The van der Waals surface area contributed by atoms with Gasteiger partial charge in [-0.25, -0.2) is 0 Å². The second-order valence-corrected chi connectivity index (χ2v) is 8.88. The second kappa shape index (κ2) is 8.17. The van der Waals surface area contributed by atoms with E-state index >= 15 is 0 Å². The monoisotopic (exact) mass is 382 g/mol. The van der Waals surface area contributed by atoms with E-state index in [0.29, 0.717) is 17.9 Å². The summed E-state index contributed by atoms with van der Waals surface area (Å²) in [5, 5.41) is 2.98. The van der Waals surface area contributed by atoms with Crippen LogP contribution in [0.4, 0.5) is 0 Å². The summed E-state index contributed by atoms with van der Waals surface area (Å²) in [5.41, 5.74) is 2.66. The molecule has 0 radical (unpaired) electrons. The summed E-state index contributed by atoms with van der Waals surface area (Å²) in [4.78, 5) is 26.6. The molecule has 3 rings (SSSR count). The SMILES string of the molecule is CC(C)(C)NC(=O)c1ccc([C@H]2SCC(=O)N2CCc2ccccc2)cc1. The molecule has 1 N–H and O–H groups in total. The Balaban J connectivity index is 1.68. The van der Waals surface area contributed by atoms with Gasteiger partial charge in [-0.2, -0.15) is 0 Å². The fourth-order valence-electron chi connectivity index (χ4n) is 3.08. The van der Waals surface area contributed by atoms with Crippen LogP contribution in [0.2, 0.25) is 0 Å². The molecule has 0 aromatic heterocycles. The van der Waals surface area contributed by atoms with E-state index in [-0.39, 0.29) is 22.7 Å². The second-order valence-electron chi connectivity index (χ2n) is 7.81. The van der Waals surface area contributed by atoms with Gasteiger partial charge in [-0.3, -0.25) is 9.59 Å². The van der Waals surface area contributed by atoms with E-state index < -0.39 is 0 Å². The van der Waals surface area contributed by atoms with Crippen molar-refractivity contribution in [2.45, 2.75) is 38.1 Å². The molecule has 1 heterocycles. The summed E-state index contributed by atoms with van der Waals surface area (Å²) < 4.78 is 0. The van der Waals surface area contributed by atoms with Crippen LogP contribution in [0.5, 0.6) is 0 Å². The molecule has 0 unspecified atom stereocenters. The Morgan fingerprint density at radius 2 is 1.78 bits per heavy atom. The molecular formula is C22H26N2O2S. The smallest absolute Gasteiger partial charge is 0.251 e. The molecule has 1 saturated heterocycles. The van der Waals surface area contributed by atoms with Crippen molar-refractivity contribution in [1.29, 1.82) is 0 Å². The molecule has 1 aliphatic heterocycles. The molecule has 2 aromatic rings. The lowest BCUT2D eigenvalue weighted by Crippen LogP contribution is -2.40. The van der Waals surface area contributed by atoms with Crippen molar-refractivity contribution in [2.75, 3.05) is 12.3 Å². The first-order valence-electron chi connectivity index (χ1n) is 9.21. The van der Waals surface area contributed by atoms with Gasteiger partial charge in [0.05, 0.1) is 5.75 Å². The lowest BCUT2D eigenvalue weighted by atomic mass is 10.1. The Hall–Kier alpha value is -2.27. The number of benzene rings is 2. The Labute approximate surface area is 165 Å². The third kappa shape index (κ3) is 5.13. The van der Waals surface area contributed by atoms with Crippen LogP contribution in [0.15, 0.2) is 54.6 Å². The highest BCUT2D eigenvalue weighted by molar-refractivity contribution is 8.00. The van der Waals surface area contributed by atoms with Crippen LogP contribution in [0.3, 0.4) is 0 Å². The van der Waals surface area contributed by atoms with E-state index in [9.17, 15) is 9.59 Å². The largest absolute Gasteiger partial charge is 0.347 e. The zero-order valence-electron chi connectivity index (χ0n) is 16.1. The van der Waals surface area contributed by atoms with Gasteiger partial charge in [0.25, 0.3) is 5.91 Å². The number of carbonyl (C=O) groups excluding carboxylic acids is 2. The fourth-order valence-corrected chi connectivity index (χ4v) is 4.30. The zero-order chi connectivity index (χ0) is 19.4. The lowest BCUT2D eigenvalue weighted by Gasteiger charge is -2.25. The highest BCUT2D eigenvalue weighted by atomic mass is 32.2. The van der Waals surface area contributed by atoms with E-state index in [4.69, 9.17) is 0 Å². The zero-order valence-corrected chi connectivity index (χ0v) is 16.9. The lowest BCUT2D eigenvalue weighted by molar-refractivity contribution is -0.128. The van der Waals surface area contributed by atoms with Crippen LogP contribution in [0.1, 0.15) is 47.6 Å². The maximum absolute atomic E-state index is 12.4. The highest BCUT2D eigenvalue weighted by Gasteiger charge is 2.32. The first-order chi connectivity index (χ1) is 12.8. The molecule has 5 heteroatoms. The van der Waals surface area contributed by atoms with E-state index in [1.54, 1.807) is 11.8 Å². The number of hydrogen-bond donors (Lipinski definition) is 1. The predicted molar refractivity (Wildman–Crippen MR) is 111 cm³/mol. The summed E-state index contributed by atoms with van der Waals surface area (Å²) in [6.45, 7) is 6.59. The molecule has 0 bridgehead atoms. The minimum Gasteiger partial charge on any atom is -0.347 e. The molecule has 1 atom stereocenters. The molecule has 0 spiro atoms. The van der Waals surface area contributed by atoms with Crippen LogP contribution < -0.4 is 5.32 Å². The summed E-state index contributed by atoms with van der Waals surface area (Å²) >= 11 is 1.65. The van der Waals surface area contributed by atoms with Crippen LogP contribution >= 0.6 is 11.8 Å². The minimum absolute atomic E-state index is 0.0148. The first-order valence-corrected chi connectivity index (χ1v) is 10.3. The van der Waals surface area contributed by atoms with Crippen molar-refractivity contribution >= 4 is 23.6 Å². The molecule has 2 aromatic carbocycles. The van der Waals surface area contributed by atoms with Gasteiger partial charge in [0, 0.05) is 17.6 Å². The summed E-state index contributed by atoms with van der Waals surface area (Å²) in [6, 6.07) is 17.8. The predicted octanol–water partition coefficient (Wildman–Crippen LogP) is 4.03. The Morgan fingerprint density at radius 1 is 1.11 bits per heavy atom. The van der Waals surface area contributed by atoms with Crippen LogP contribution in [0, 0.1) is 0 Å². The van der Waals surface area contributed by atoms with Gasteiger partial charge in [-0.15, -0.1) is 11.8 Å². The van der Waals surface area contributed by atoms with Gasteiger partial charge in [0.2, 0.25) is 5.91 Å². The highest BCUT2D eigenvalue weighted by Crippen LogP contribution is 2.38. The third-order valence-electron chi connectivity index (χ3n) is 4.40. The van der Waals surface area contributed by atoms with Crippen LogP contribution in [-0.2, 0) is 11.2 Å². The molecule has 2 amide bonds. The number of rotatable bonds is 5. The average Bonchev–Trinajstić information content (AvgIpc) is 3.00. The molecule has 1 fully saturated rings. The van der Waals surface area contributed by atoms with Gasteiger partial charge in [-0.1, -0.05) is 42.5 Å². The number of nitrogens with one attached hydrogen (secondary N) is 1. The van der Waals surface area contributed by atoms with Crippen molar-refractivity contribution in [2.24, 2.45) is 0 Å². The van der Waals surface area contributed by atoms with Gasteiger partial charge in [-0.05, 0) is 50.5 Å². The van der Waals surface area contributed by atoms with E-state index in [2.05, 4.69) is 17.4 Å². The van der Waals surface area contributed by atoms with Crippen molar-refractivity contribution in [3.05, 3.63) is 71.3 Å². The normalized spacial score (nSPS) is 17.2. The average molecular weight is 383 g/mol. The van der Waals surface area contributed by atoms with Crippen molar-refractivity contribution < 1.29 is 9.59 Å². The quantitative estimate of drug-likeness (QED) is 0.849. The fraction of sp³-hybridized carbons (Fsp3) is 0.364. The van der Waals surface area contributed by atoms with Crippen LogP contribution in [0.25, 0.3) is 0 Å². The van der Waals surface area contributed by atoms with Gasteiger partial charge in [0.15, 0.2) is 0 Å². The molecule has 27 heavy (non-hydrogen) atoms. The van der Waals surface area contributed by atoms with Gasteiger partial charge in [0.1, 0.15) is 5.37 Å². The standard InChI is InChI=1S/C22H26N2O2S/c1-22(2,3)23-20(26)17-9-11-18(12-10-17)21-24(19(25)15-27-21)14-13-16-7-5-4-6-8-16/h4-12,21H,13-15H2,1-3H3,(H,23,26)/t21-/m1/s1. The van der Waals surface area contributed by atoms with Crippen molar-refractivity contribution in [1.82, 2.24) is 10.2 Å². The molecular weight excluding hydrogens is 356 g/mol. The minimum atomic E-state index is -0.266.